The molecule has 0 saturated carbocycles. The number of aliphatic hydroxyl groups excluding tert-OH is 1. The molecule has 0 unspecified atom stereocenters. The van der Waals surface area contributed by atoms with Gasteiger partial charge in [-0.1, -0.05) is 68.4 Å². The number of nitrogens with one attached hydrogen (secondary N) is 7. The van der Waals surface area contributed by atoms with Crippen LogP contribution >= 0.6 is 0 Å². The molecule has 0 aliphatic rings. The molecule has 0 bridgehead atoms. The Bertz CT molecular complexity index is 2800. The van der Waals surface area contributed by atoms with Crippen molar-refractivity contribution in [2.75, 3.05) is 13.2 Å². The quantitative estimate of drug-likeness (QED) is 0.0178. The molecular weight excluding hydrogens is 983 g/mol. The summed E-state index contributed by atoms with van der Waals surface area (Å²) >= 11 is 0. The fourth-order valence-corrected chi connectivity index (χ4v) is 8.14. The predicted molar refractivity (Wildman–Crippen MR) is 281 cm³/mol. The first-order valence-electron chi connectivity index (χ1n) is 24.5. The number of rotatable bonds is 28. The number of aliphatic imine (C=N–C) groups is 1. The predicted octanol–water partition coefficient (Wildman–Crippen LogP) is -0.0320. The van der Waals surface area contributed by atoms with Crippen molar-refractivity contribution in [3.8, 4) is 17.2 Å². The number of carboxylic acids is 1. The highest BCUT2D eigenvalue weighted by molar-refractivity contribution is 5.97. The lowest BCUT2D eigenvalue weighted by atomic mass is 9.99. The smallest absolute Gasteiger partial charge is 0.326 e. The third-order valence-corrected chi connectivity index (χ3v) is 12.2. The third kappa shape index (κ3) is 18.1. The summed E-state index contributed by atoms with van der Waals surface area (Å²) in [6, 6.07) is 14.6. The highest BCUT2D eigenvalue weighted by Gasteiger charge is 2.35. The van der Waals surface area contributed by atoms with Crippen LogP contribution in [0.4, 0.5) is 0 Å². The van der Waals surface area contributed by atoms with Crippen molar-refractivity contribution < 1.29 is 59.1 Å². The summed E-state index contributed by atoms with van der Waals surface area (Å²) in [5, 5.41) is 66.8. The van der Waals surface area contributed by atoms with Crippen LogP contribution in [0.3, 0.4) is 0 Å². The van der Waals surface area contributed by atoms with Crippen molar-refractivity contribution in [1.82, 2.24) is 36.9 Å². The molecule has 23 nitrogen and oxygen atoms in total. The number of phenols is 3. The summed E-state index contributed by atoms with van der Waals surface area (Å²) in [6.45, 7) is 2.76. The number of para-hydroxylation sites is 1. The van der Waals surface area contributed by atoms with E-state index >= 15 is 0 Å². The Labute approximate surface area is 438 Å². The van der Waals surface area contributed by atoms with Crippen molar-refractivity contribution in [3.63, 3.8) is 0 Å². The lowest BCUT2D eigenvalue weighted by Gasteiger charge is -2.28. The second-order valence-electron chi connectivity index (χ2n) is 18.7. The molecule has 7 atom stereocenters. The van der Waals surface area contributed by atoms with Crippen molar-refractivity contribution in [2.45, 2.75) is 101 Å². The van der Waals surface area contributed by atoms with Gasteiger partial charge in [0.05, 0.1) is 12.6 Å². The lowest BCUT2D eigenvalue weighted by molar-refractivity contribution is -0.142. The maximum absolute atomic E-state index is 14.5. The number of carboxylic acid groups (broad SMARTS) is 1. The van der Waals surface area contributed by atoms with E-state index in [1.165, 1.54) is 72.8 Å². The summed E-state index contributed by atoms with van der Waals surface area (Å²) in [5.74, 6) is -7.23. The Balaban J connectivity index is 1.36. The Morgan fingerprint density at radius 2 is 0.961 bits per heavy atom. The number of fused-ring (bicyclic) bond motifs is 1. The number of guanidine groups is 1. The van der Waals surface area contributed by atoms with Crippen molar-refractivity contribution >= 4 is 58.3 Å². The number of aliphatic carboxylic acids is 1. The maximum atomic E-state index is 14.5. The Morgan fingerprint density at radius 1 is 0.553 bits per heavy atom. The Hall–Kier alpha value is -8.70. The number of nitrogens with zero attached hydrogens (tertiary/aromatic N) is 1. The number of aliphatic hydroxyl groups is 1. The van der Waals surface area contributed by atoms with Gasteiger partial charge in [-0.2, -0.15) is 0 Å². The standard InChI is InChI=1S/C53H67N11O12/c1-29(2)22-40(60-51(74)45(28-65)64-50(73)41(23-30-9-15-34(66)16-10-30)59-46(69)38(54)7-5-21-57-53(55)56)47(70)61-42(24-31-11-17-35(67)18-12-31)48(71)62-43(25-32-13-19-36(68)20-14-32)49(72)63-44(52(75)76)26-33-27-58-39-8-4-3-6-37(33)39/h3-4,6,8-20,27,29,38,40-45,58,65-68H,5,7,21-26,28,54H2,1-2H3,(H,59,69)(H,60,74)(H,61,70)(H,62,71)(H,63,72)(H,64,73)(H,75,76)(H4,55,56,57)/t38-,40-,41-,42-,43-,44-,45-/m0/s1. The second-order valence-corrected chi connectivity index (χ2v) is 18.7. The zero-order valence-corrected chi connectivity index (χ0v) is 42.1. The molecule has 0 fully saturated rings. The SMILES string of the molecule is CC(C)C[C@H](NC(=O)[C@H](CO)NC(=O)[C@H](Cc1ccc(O)cc1)NC(=O)[C@@H](N)CCCN=C(N)N)C(=O)N[C@@H](Cc1ccc(O)cc1)C(=O)N[C@@H](Cc1ccc(O)cc1)C(=O)N[C@@H](Cc1c[nH]c2ccccc12)C(=O)O. The van der Waals surface area contributed by atoms with E-state index in [0.29, 0.717) is 28.7 Å². The van der Waals surface area contributed by atoms with Crippen LogP contribution in [-0.2, 0) is 59.2 Å². The van der Waals surface area contributed by atoms with Crippen molar-refractivity contribution in [2.24, 2.45) is 28.1 Å². The number of hydrogen-bond acceptors (Lipinski definition) is 13. The van der Waals surface area contributed by atoms with Gasteiger partial charge in [0.2, 0.25) is 35.4 Å². The molecule has 0 aliphatic carbocycles. The number of aromatic amines is 1. The number of H-pyrrole nitrogens is 1. The fraction of sp³-hybridized carbons (Fsp3) is 0.358. The molecule has 406 valence electrons. The van der Waals surface area contributed by atoms with Gasteiger partial charge in [0.25, 0.3) is 0 Å². The van der Waals surface area contributed by atoms with Crippen LogP contribution < -0.4 is 49.1 Å². The average Bonchev–Trinajstić information content (AvgIpc) is 3.79. The number of amides is 6. The van der Waals surface area contributed by atoms with Gasteiger partial charge in [0.1, 0.15) is 53.5 Å². The second kappa shape index (κ2) is 28.1. The first kappa shape index (κ1) is 58.2. The molecule has 5 rings (SSSR count). The summed E-state index contributed by atoms with van der Waals surface area (Å²) in [6.07, 6.45) is 1.45. The van der Waals surface area contributed by atoms with Crippen molar-refractivity contribution in [3.05, 3.63) is 126 Å². The molecule has 0 saturated heterocycles. The molecule has 23 heteroatoms. The Morgan fingerprint density at radius 3 is 1.41 bits per heavy atom. The zero-order valence-electron chi connectivity index (χ0n) is 42.1. The summed E-state index contributed by atoms with van der Waals surface area (Å²) in [4.78, 5) is 104. The molecule has 76 heavy (non-hydrogen) atoms. The van der Waals surface area contributed by atoms with Crippen LogP contribution in [0, 0.1) is 5.92 Å². The third-order valence-electron chi connectivity index (χ3n) is 12.2. The zero-order chi connectivity index (χ0) is 55.5. The van der Waals surface area contributed by atoms with Gasteiger partial charge in [-0.25, -0.2) is 4.79 Å². The van der Waals surface area contributed by atoms with E-state index < -0.39 is 90.3 Å². The number of hydrogen-bond donors (Lipinski definition) is 15. The molecule has 4 aromatic carbocycles. The van der Waals surface area contributed by atoms with Gasteiger partial charge in [-0.15, -0.1) is 0 Å². The topological polar surface area (TPSA) is 399 Å². The van der Waals surface area contributed by atoms with Gasteiger partial charge in [-0.05, 0) is 89.9 Å². The highest BCUT2D eigenvalue weighted by atomic mass is 16.4. The van der Waals surface area contributed by atoms with Crippen LogP contribution in [0.15, 0.2) is 108 Å². The van der Waals surface area contributed by atoms with Gasteiger partial charge < -0.3 is 79.6 Å². The summed E-state index contributed by atoms with van der Waals surface area (Å²) in [5.41, 5.74) is 19.7. The van der Waals surface area contributed by atoms with E-state index in [2.05, 4.69) is 41.9 Å². The minimum Gasteiger partial charge on any atom is -0.508 e. The number of carbonyl (C=O) groups is 7. The van der Waals surface area contributed by atoms with E-state index in [0.717, 1.165) is 10.9 Å². The summed E-state index contributed by atoms with van der Waals surface area (Å²) < 4.78 is 0. The van der Waals surface area contributed by atoms with Crippen molar-refractivity contribution in [1.29, 1.82) is 0 Å². The van der Waals surface area contributed by atoms with Gasteiger partial charge in [-0.3, -0.25) is 33.8 Å². The number of aromatic hydroxyl groups is 3. The fourth-order valence-electron chi connectivity index (χ4n) is 8.14. The van der Waals surface area contributed by atoms with E-state index in [4.69, 9.17) is 17.2 Å². The minimum atomic E-state index is -1.68. The lowest BCUT2D eigenvalue weighted by Crippen LogP contribution is -2.61. The molecule has 18 N–H and O–H groups in total. The molecule has 6 amide bonds. The van der Waals surface area contributed by atoms with Crippen LogP contribution in [0.2, 0.25) is 0 Å². The molecule has 1 aromatic heterocycles. The highest BCUT2D eigenvalue weighted by Crippen LogP contribution is 2.20. The molecule has 1 heterocycles. The number of carbonyl (C=O) groups excluding carboxylic acids is 6. The van der Waals surface area contributed by atoms with E-state index in [-0.39, 0.29) is 74.2 Å². The maximum Gasteiger partial charge on any atom is 0.326 e. The largest absolute Gasteiger partial charge is 0.508 e. The number of phenolic OH excluding ortho intramolecular Hbond substituents is 3. The first-order valence-corrected chi connectivity index (χ1v) is 24.5. The van der Waals surface area contributed by atoms with E-state index in [9.17, 15) is 59.1 Å². The van der Waals surface area contributed by atoms with Gasteiger partial charge in [0.15, 0.2) is 5.96 Å². The molecule has 0 radical (unpaired) electrons. The molecular formula is C53H67N11O12. The number of nitrogens with two attached hydrogens (primary N) is 3. The van der Waals surface area contributed by atoms with Gasteiger partial charge >= 0.3 is 5.97 Å². The van der Waals surface area contributed by atoms with E-state index in [1.807, 2.05) is 12.1 Å². The summed E-state index contributed by atoms with van der Waals surface area (Å²) in [7, 11) is 0. The van der Waals surface area contributed by atoms with Crippen LogP contribution in [-0.4, -0.2) is 133 Å². The number of aromatic nitrogens is 1. The van der Waals surface area contributed by atoms with Crippen LogP contribution in [0.5, 0.6) is 17.2 Å². The Kier molecular flexibility index (Phi) is 21.5. The minimum absolute atomic E-state index is 0.0171. The van der Waals surface area contributed by atoms with E-state index in [1.54, 1.807) is 32.2 Å². The van der Waals surface area contributed by atoms with Crippen LogP contribution in [0.25, 0.3) is 10.9 Å². The normalized spacial score (nSPS) is 13.9. The van der Waals surface area contributed by atoms with Crippen LogP contribution in [0.1, 0.15) is 55.4 Å². The molecule has 0 aliphatic heterocycles. The first-order chi connectivity index (χ1) is 36.2. The number of benzene rings is 4. The molecule has 0 spiro atoms. The molecule has 5 aromatic rings. The van der Waals surface area contributed by atoms with Gasteiger partial charge in [0, 0.05) is 49.3 Å². The average molecular weight is 1050 g/mol. The monoisotopic (exact) mass is 1050 g/mol.